The highest BCUT2D eigenvalue weighted by Crippen LogP contribution is 2.27. The van der Waals surface area contributed by atoms with Crippen LogP contribution >= 0.6 is 0 Å². The minimum Gasteiger partial charge on any atom is -0.372 e. The maximum absolute atomic E-state index is 4.17. The van der Waals surface area contributed by atoms with Gasteiger partial charge in [-0.25, -0.2) is 0 Å². The highest BCUT2D eigenvalue weighted by molar-refractivity contribution is 5.04. The lowest BCUT2D eigenvalue weighted by atomic mass is 9.89. The van der Waals surface area contributed by atoms with Crippen LogP contribution in [0.3, 0.4) is 0 Å². The van der Waals surface area contributed by atoms with Gasteiger partial charge in [0.15, 0.2) is 0 Å². The van der Waals surface area contributed by atoms with Gasteiger partial charge < -0.3 is 10.2 Å². The van der Waals surface area contributed by atoms with Crippen LogP contribution in [0.2, 0.25) is 0 Å². The zero-order valence-electron chi connectivity index (χ0n) is 10.9. The molecular weight excluding hydrogens is 184 g/mol. The highest BCUT2D eigenvalue weighted by atomic mass is 15.3. The first-order chi connectivity index (χ1) is 6.78. The number of hydrogen-bond donors (Lipinski definition) is 1. The molecule has 1 aliphatic heterocycles. The van der Waals surface area contributed by atoms with Crippen LogP contribution in [0, 0.1) is 5.41 Å². The molecule has 1 heterocycles. The first-order valence-electron chi connectivity index (χ1n) is 5.97. The summed E-state index contributed by atoms with van der Waals surface area (Å²) in [7, 11) is 0. The second-order valence-electron chi connectivity index (χ2n) is 6.23. The summed E-state index contributed by atoms with van der Waals surface area (Å²) in [5.41, 5.74) is 1.65. The van der Waals surface area contributed by atoms with Crippen molar-refractivity contribution in [3.8, 4) is 0 Å². The Hall–Kier alpha value is -0.500. The zero-order valence-corrected chi connectivity index (χ0v) is 10.9. The highest BCUT2D eigenvalue weighted by Gasteiger charge is 2.28. The van der Waals surface area contributed by atoms with Gasteiger partial charge in [-0.1, -0.05) is 41.2 Å². The average molecular weight is 210 g/mol. The molecule has 0 atom stereocenters. The maximum atomic E-state index is 4.17. The first-order valence-corrected chi connectivity index (χ1v) is 5.97. The second kappa shape index (κ2) is 4.56. The lowest BCUT2D eigenvalue weighted by molar-refractivity contribution is 0.148. The number of nitrogens with one attached hydrogen (secondary N) is 1. The second-order valence-corrected chi connectivity index (χ2v) is 6.23. The molecule has 2 heteroatoms. The third-order valence-electron chi connectivity index (χ3n) is 2.63. The van der Waals surface area contributed by atoms with Crippen LogP contribution in [0.5, 0.6) is 0 Å². The molecule has 1 saturated heterocycles. The van der Waals surface area contributed by atoms with Gasteiger partial charge in [-0.2, -0.15) is 0 Å². The Morgan fingerprint density at radius 2 is 1.93 bits per heavy atom. The molecule has 0 amide bonds. The summed E-state index contributed by atoms with van der Waals surface area (Å²) < 4.78 is 0. The van der Waals surface area contributed by atoms with Gasteiger partial charge in [0.05, 0.1) is 0 Å². The summed E-state index contributed by atoms with van der Waals surface area (Å²) in [4.78, 5) is 2.39. The van der Waals surface area contributed by atoms with Crippen LogP contribution in [0.1, 0.15) is 41.0 Å². The summed E-state index contributed by atoms with van der Waals surface area (Å²) >= 11 is 0. The Bertz CT molecular complexity index is 219. The van der Waals surface area contributed by atoms with Crippen molar-refractivity contribution in [2.24, 2.45) is 5.41 Å². The third-order valence-corrected chi connectivity index (χ3v) is 2.63. The van der Waals surface area contributed by atoms with Gasteiger partial charge in [0.1, 0.15) is 0 Å². The summed E-state index contributed by atoms with van der Waals surface area (Å²) in [6.45, 7) is 17.6. The number of rotatable bonds is 4. The molecule has 2 nitrogen and oxygen atoms in total. The minimum atomic E-state index is 0.355. The van der Waals surface area contributed by atoms with E-state index in [-0.39, 0.29) is 0 Å². The molecule has 0 saturated carbocycles. The summed E-state index contributed by atoms with van der Waals surface area (Å²) in [5.74, 6) is 0. The molecule has 0 radical (unpaired) electrons. The van der Waals surface area contributed by atoms with Gasteiger partial charge in [0.25, 0.3) is 0 Å². The van der Waals surface area contributed by atoms with E-state index in [4.69, 9.17) is 0 Å². The van der Waals surface area contributed by atoms with Crippen LogP contribution in [0.25, 0.3) is 0 Å². The van der Waals surface area contributed by atoms with Crippen molar-refractivity contribution >= 4 is 0 Å². The Morgan fingerprint density at radius 3 is 2.33 bits per heavy atom. The van der Waals surface area contributed by atoms with Gasteiger partial charge in [-0.15, -0.1) is 0 Å². The van der Waals surface area contributed by atoms with Gasteiger partial charge >= 0.3 is 0 Å². The molecular formula is C13H26N2. The molecule has 88 valence electrons. The molecule has 0 aromatic heterocycles. The normalized spacial score (nSPS) is 18.1. The van der Waals surface area contributed by atoms with Crippen molar-refractivity contribution in [2.75, 3.05) is 13.1 Å². The van der Waals surface area contributed by atoms with Crippen LogP contribution in [-0.2, 0) is 0 Å². The SMILES string of the molecule is C=C(CC(C)(C)C)N1CC(NC(C)C)C1. The van der Waals surface area contributed by atoms with E-state index in [9.17, 15) is 0 Å². The molecule has 0 aromatic rings. The maximum Gasteiger partial charge on any atom is 0.0422 e. The van der Waals surface area contributed by atoms with Crippen LogP contribution < -0.4 is 5.32 Å². The fourth-order valence-electron chi connectivity index (χ4n) is 2.04. The average Bonchev–Trinajstić information content (AvgIpc) is 1.91. The largest absolute Gasteiger partial charge is 0.372 e. The van der Waals surface area contributed by atoms with E-state index in [0.717, 1.165) is 19.5 Å². The Labute approximate surface area is 94.7 Å². The zero-order chi connectivity index (χ0) is 11.6. The molecule has 15 heavy (non-hydrogen) atoms. The molecule has 1 rings (SSSR count). The number of allylic oxidation sites excluding steroid dienone is 1. The van der Waals surface area contributed by atoms with Crippen molar-refractivity contribution in [3.63, 3.8) is 0 Å². The molecule has 0 spiro atoms. The molecule has 0 aliphatic carbocycles. The molecule has 1 aliphatic rings. The van der Waals surface area contributed by atoms with Gasteiger partial charge in [-0.05, 0) is 11.8 Å². The fraction of sp³-hybridized carbons (Fsp3) is 0.846. The Balaban J connectivity index is 2.24. The van der Waals surface area contributed by atoms with Gasteiger partial charge in [0.2, 0.25) is 0 Å². The Kier molecular flexibility index (Phi) is 3.82. The van der Waals surface area contributed by atoms with E-state index >= 15 is 0 Å². The van der Waals surface area contributed by atoms with Gasteiger partial charge in [0, 0.05) is 30.9 Å². The smallest absolute Gasteiger partial charge is 0.0422 e. The fourth-order valence-corrected chi connectivity index (χ4v) is 2.04. The number of likely N-dealkylation sites (tertiary alicyclic amines) is 1. The first kappa shape index (κ1) is 12.6. The van der Waals surface area contributed by atoms with Crippen molar-refractivity contribution in [1.29, 1.82) is 0 Å². The van der Waals surface area contributed by atoms with Crippen LogP contribution in [0.15, 0.2) is 12.3 Å². The van der Waals surface area contributed by atoms with Crippen LogP contribution in [-0.4, -0.2) is 30.1 Å². The quantitative estimate of drug-likeness (QED) is 0.767. The molecule has 0 aromatic carbocycles. The van der Waals surface area contributed by atoms with E-state index < -0.39 is 0 Å². The predicted octanol–water partition coefficient (Wildman–Crippen LogP) is 2.62. The number of hydrogen-bond acceptors (Lipinski definition) is 2. The summed E-state index contributed by atoms with van der Waals surface area (Å²) in [6.07, 6.45) is 1.10. The molecule has 0 bridgehead atoms. The summed E-state index contributed by atoms with van der Waals surface area (Å²) in [6, 6.07) is 1.26. The van der Waals surface area contributed by atoms with Gasteiger partial charge in [-0.3, -0.25) is 0 Å². The predicted molar refractivity (Wildman–Crippen MR) is 66.8 cm³/mol. The van der Waals surface area contributed by atoms with Crippen molar-refractivity contribution in [3.05, 3.63) is 12.3 Å². The van der Waals surface area contributed by atoms with E-state index in [0.29, 0.717) is 17.5 Å². The third kappa shape index (κ3) is 4.25. The monoisotopic (exact) mass is 210 g/mol. The van der Waals surface area contributed by atoms with E-state index in [2.05, 4.69) is 51.4 Å². The van der Waals surface area contributed by atoms with Crippen molar-refractivity contribution in [2.45, 2.75) is 53.1 Å². The Morgan fingerprint density at radius 1 is 1.40 bits per heavy atom. The standard InChI is InChI=1S/C13H26N2/c1-10(2)14-12-8-15(9-12)11(3)7-13(4,5)6/h10,12,14H,3,7-9H2,1-2,4-6H3. The summed E-state index contributed by atoms with van der Waals surface area (Å²) in [5, 5.41) is 3.54. The minimum absolute atomic E-state index is 0.355. The van der Waals surface area contributed by atoms with Crippen molar-refractivity contribution in [1.82, 2.24) is 10.2 Å². The lowest BCUT2D eigenvalue weighted by Crippen LogP contribution is -2.58. The molecule has 1 fully saturated rings. The van der Waals surface area contributed by atoms with E-state index in [1.54, 1.807) is 0 Å². The number of nitrogens with zero attached hydrogens (tertiary/aromatic N) is 1. The lowest BCUT2D eigenvalue weighted by Gasteiger charge is -2.44. The van der Waals surface area contributed by atoms with E-state index in [1.165, 1.54) is 5.70 Å². The molecule has 1 N–H and O–H groups in total. The topological polar surface area (TPSA) is 15.3 Å². The molecule has 0 unspecified atom stereocenters. The van der Waals surface area contributed by atoms with Crippen molar-refractivity contribution < 1.29 is 0 Å². The van der Waals surface area contributed by atoms with Crippen LogP contribution in [0.4, 0.5) is 0 Å². The van der Waals surface area contributed by atoms with E-state index in [1.807, 2.05) is 0 Å².